The molecule has 168 valence electrons. The average molecular weight is 434 g/mol. The second-order valence-electron chi connectivity index (χ2n) is 7.68. The first kappa shape index (κ1) is 23.1. The summed E-state index contributed by atoms with van der Waals surface area (Å²) in [6.45, 7) is 10.7. The zero-order chi connectivity index (χ0) is 23.1. The monoisotopic (exact) mass is 433 g/mol. The number of aromatic nitrogens is 1. The van der Waals surface area contributed by atoms with E-state index in [1.165, 1.54) is 5.56 Å². The van der Waals surface area contributed by atoms with Crippen LogP contribution < -0.4 is 14.9 Å². The molecule has 6 nitrogen and oxygen atoms in total. The summed E-state index contributed by atoms with van der Waals surface area (Å²) < 4.78 is 13.3. The van der Waals surface area contributed by atoms with Crippen LogP contribution in [0.25, 0.3) is 5.69 Å². The van der Waals surface area contributed by atoms with E-state index in [0.717, 1.165) is 40.4 Å². The SMILES string of the molecule is CCOc1ccc(-n2c(C)cc(/C=N/NC(=O)COc3cc(C)cc(CC)c3)c2C)cc1. The van der Waals surface area contributed by atoms with Gasteiger partial charge in [0.15, 0.2) is 6.61 Å². The lowest BCUT2D eigenvalue weighted by atomic mass is 10.1. The van der Waals surface area contributed by atoms with Crippen molar-refractivity contribution in [2.45, 2.75) is 41.0 Å². The van der Waals surface area contributed by atoms with Crippen molar-refractivity contribution in [3.05, 3.63) is 76.6 Å². The Balaban J connectivity index is 1.61. The molecule has 0 radical (unpaired) electrons. The van der Waals surface area contributed by atoms with E-state index in [1.54, 1.807) is 6.21 Å². The van der Waals surface area contributed by atoms with Crippen LogP contribution in [0.2, 0.25) is 0 Å². The van der Waals surface area contributed by atoms with Crippen LogP contribution in [0, 0.1) is 20.8 Å². The molecule has 0 aliphatic carbocycles. The van der Waals surface area contributed by atoms with Crippen molar-refractivity contribution in [3.8, 4) is 17.2 Å². The van der Waals surface area contributed by atoms with Crippen molar-refractivity contribution < 1.29 is 14.3 Å². The van der Waals surface area contributed by atoms with Gasteiger partial charge in [-0.2, -0.15) is 5.10 Å². The number of hydrogen-bond donors (Lipinski definition) is 1. The average Bonchev–Trinajstić information content (AvgIpc) is 3.06. The maximum absolute atomic E-state index is 12.1. The number of carbonyl (C=O) groups excluding carboxylic acids is 1. The first-order valence-electron chi connectivity index (χ1n) is 10.9. The molecule has 1 amide bonds. The standard InChI is InChI=1S/C26H31N3O3/c1-6-21-12-18(3)13-25(15-21)32-17-26(30)28-27-16-22-14-19(4)29(20(22)5)23-8-10-24(11-9-23)31-7-2/h8-16H,6-7,17H2,1-5H3,(H,28,30)/b27-16+. The van der Waals surface area contributed by atoms with Crippen molar-refractivity contribution in [1.82, 2.24) is 9.99 Å². The van der Waals surface area contributed by atoms with Gasteiger partial charge in [-0.05, 0) is 87.7 Å². The Morgan fingerprint density at radius 1 is 1.00 bits per heavy atom. The van der Waals surface area contributed by atoms with Crippen LogP contribution in [0.5, 0.6) is 11.5 Å². The normalized spacial score (nSPS) is 11.0. The third-order valence-corrected chi connectivity index (χ3v) is 5.16. The molecule has 0 fully saturated rings. The van der Waals surface area contributed by atoms with Crippen LogP contribution in [0.3, 0.4) is 0 Å². The number of carbonyl (C=O) groups is 1. The number of hydrogen-bond acceptors (Lipinski definition) is 4. The molecule has 6 heteroatoms. The van der Waals surface area contributed by atoms with Crippen molar-refractivity contribution in [2.75, 3.05) is 13.2 Å². The number of nitrogens with one attached hydrogen (secondary N) is 1. The second-order valence-corrected chi connectivity index (χ2v) is 7.68. The molecule has 0 bridgehead atoms. The highest BCUT2D eigenvalue weighted by atomic mass is 16.5. The van der Waals surface area contributed by atoms with Gasteiger partial charge in [-0.1, -0.05) is 13.0 Å². The van der Waals surface area contributed by atoms with Gasteiger partial charge in [0.25, 0.3) is 5.91 Å². The van der Waals surface area contributed by atoms with Crippen molar-refractivity contribution in [1.29, 1.82) is 0 Å². The predicted molar refractivity (Wildman–Crippen MR) is 128 cm³/mol. The fourth-order valence-electron chi connectivity index (χ4n) is 3.64. The van der Waals surface area contributed by atoms with Crippen LogP contribution in [-0.2, 0) is 11.2 Å². The number of amides is 1. The minimum atomic E-state index is -0.305. The largest absolute Gasteiger partial charge is 0.494 e. The van der Waals surface area contributed by atoms with Gasteiger partial charge >= 0.3 is 0 Å². The summed E-state index contributed by atoms with van der Waals surface area (Å²) in [6, 6.07) is 16.0. The first-order valence-corrected chi connectivity index (χ1v) is 10.9. The Bertz CT molecular complexity index is 1100. The Morgan fingerprint density at radius 2 is 1.75 bits per heavy atom. The number of ether oxygens (including phenoxy) is 2. The number of benzene rings is 2. The summed E-state index contributed by atoms with van der Waals surface area (Å²) in [5, 5.41) is 4.11. The zero-order valence-corrected chi connectivity index (χ0v) is 19.4. The Labute approximate surface area is 189 Å². The van der Waals surface area contributed by atoms with E-state index in [9.17, 15) is 4.79 Å². The van der Waals surface area contributed by atoms with E-state index in [0.29, 0.717) is 12.4 Å². The molecule has 0 saturated heterocycles. The second kappa shape index (κ2) is 10.7. The van der Waals surface area contributed by atoms with Gasteiger partial charge in [0, 0.05) is 22.6 Å². The van der Waals surface area contributed by atoms with Gasteiger partial charge in [0.05, 0.1) is 12.8 Å². The van der Waals surface area contributed by atoms with Gasteiger partial charge < -0.3 is 14.0 Å². The minimum absolute atomic E-state index is 0.0881. The predicted octanol–water partition coefficient (Wildman–Crippen LogP) is 4.89. The first-order chi connectivity index (χ1) is 15.4. The molecule has 0 saturated carbocycles. The van der Waals surface area contributed by atoms with Gasteiger partial charge in [-0.3, -0.25) is 4.79 Å². The summed E-state index contributed by atoms with van der Waals surface area (Å²) in [5.41, 5.74) is 8.93. The number of rotatable bonds is 9. The van der Waals surface area contributed by atoms with Crippen LogP contribution in [-0.4, -0.2) is 29.9 Å². The molecule has 0 unspecified atom stereocenters. The summed E-state index contributed by atoms with van der Waals surface area (Å²) >= 11 is 0. The highest BCUT2D eigenvalue weighted by Gasteiger charge is 2.10. The molecule has 0 aliphatic rings. The van der Waals surface area contributed by atoms with E-state index >= 15 is 0 Å². The van der Waals surface area contributed by atoms with Gasteiger partial charge in [0.1, 0.15) is 11.5 Å². The number of aryl methyl sites for hydroxylation is 3. The maximum atomic E-state index is 12.1. The van der Waals surface area contributed by atoms with E-state index in [4.69, 9.17) is 9.47 Å². The molecular weight excluding hydrogens is 402 g/mol. The van der Waals surface area contributed by atoms with Crippen molar-refractivity contribution in [3.63, 3.8) is 0 Å². The molecule has 0 atom stereocenters. The quantitative estimate of drug-likeness (QED) is 0.386. The third kappa shape index (κ3) is 5.78. The van der Waals surface area contributed by atoms with E-state index in [2.05, 4.69) is 28.1 Å². The van der Waals surface area contributed by atoms with Gasteiger partial charge in [-0.25, -0.2) is 5.43 Å². The molecular formula is C26H31N3O3. The number of hydrazone groups is 1. The van der Waals surface area contributed by atoms with E-state index in [-0.39, 0.29) is 12.5 Å². The molecule has 3 rings (SSSR count). The van der Waals surface area contributed by atoms with Crippen LogP contribution in [0.4, 0.5) is 0 Å². The molecule has 32 heavy (non-hydrogen) atoms. The lowest BCUT2D eigenvalue weighted by Crippen LogP contribution is -2.24. The highest BCUT2D eigenvalue weighted by molar-refractivity contribution is 5.84. The summed E-state index contributed by atoms with van der Waals surface area (Å²) in [6.07, 6.45) is 2.58. The smallest absolute Gasteiger partial charge is 0.277 e. The van der Waals surface area contributed by atoms with Gasteiger partial charge in [0.2, 0.25) is 0 Å². The summed E-state index contributed by atoms with van der Waals surface area (Å²) in [7, 11) is 0. The third-order valence-electron chi connectivity index (χ3n) is 5.16. The molecule has 1 aromatic heterocycles. The van der Waals surface area contributed by atoms with Gasteiger partial charge in [-0.15, -0.1) is 0 Å². The fraction of sp³-hybridized carbons (Fsp3) is 0.308. The fourth-order valence-corrected chi connectivity index (χ4v) is 3.64. The molecule has 0 spiro atoms. The molecule has 1 N–H and O–H groups in total. The minimum Gasteiger partial charge on any atom is -0.494 e. The highest BCUT2D eigenvalue weighted by Crippen LogP contribution is 2.22. The molecule has 0 aliphatic heterocycles. The Hall–Kier alpha value is -3.54. The number of nitrogens with zero attached hydrogens (tertiary/aromatic N) is 2. The topological polar surface area (TPSA) is 64.8 Å². The lowest BCUT2D eigenvalue weighted by molar-refractivity contribution is -0.123. The summed E-state index contributed by atoms with van der Waals surface area (Å²) in [4.78, 5) is 12.1. The maximum Gasteiger partial charge on any atom is 0.277 e. The molecule has 1 heterocycles. The van der Waals surface area contributed by atoms with E-state index in [1.807, 2.05) is 70.2 Å². The molecule has 2 aromatic carbocycles. The van der Waals surface area contributed by atoms with Crippen molar-refractivity contribution in [2.24, 2.45) is 5.10 Å². The Kier molecular flexibility index (Phi) is 7.71. The zero-order valence-electron chi connectivity index (χ0n) is 19.4. The van der Waals surface area contributed by atoms with Crippen LogP contribution >= 0.6 is 0 Å². The van der Waals surface area contributed by atoms with Crippen LogP contribution in [0.1, 0.15) is 41.9 Å². The lowest BCUT2D eigenvalue weighted by Gasteiger charge is -2.11. The van der Waals surface area contributed by atoms with Crippen LogP contribution in [0.15, 0.2) is 53.6 Å². The van der Waals surface area contributed by atoms with E-state index < -0.39 is 0 Å². The Morgan fingerprint density at radius 3 is 2.44 bits per heavy atom. The van der Waals surface area contributed by atoms with Crippen molar-refractivity contribution >= 4 is 12.1 Å². The molecule has 3 aromatic rings. The summed E-state index contributed by atoms with van der Waals surface area (Å²) in [5.74, 6) is 1.24.